The van der Waals surface area contributed by atoms with E-state index in [0.717, 1.165) is 19.0 Å². The van der Waals surface area contributed by atoms with Gasteiger partial charge in [-0.2, -0.15) is 0 Å². The van der Waals surface area contributed by atoms with Gasteiger partial charge in [0.1, 0.15) is 0 Å². The third kappa shape index (κ3) is 2.75. The Balaban J connectivity index is 2.98. The normalized spacial score (nSPS) is 11.8. The number of nitrogens with one attached hydrogen (secondary N) is 1. The van der Waals surface area contributed by atoms with E-state index in [9.17, 15) is 8.78 Å². The smallest absolute Gasteiger partial charge is 0.162 e. The minimum Gasteiger partial charge on any atom is -0.320 e. The number of halogens is 2. The fraction of sp³-hybridized carbons (Fsp3) is 0.500. The third-order valence-electron chi connectivity index (χ3n) is 2.68. The van der Waals surface area contributed by atoms with Crippen LogP contribution < -0.4 is 5.32 Å². The summed E-state index contributed by atoms with van der Waals surface area (Å²) in [6.45, 7) is 4.62. The highest BCUT2D eigenvalue weighted by Gasteiger charge is 2.24. The van der Waals surface area contributed by atoms with Crippen LogP contribution in [0.5, 0.6) is 0 Å². The van der Waals surface area contributed by atoms with Gasteiger partial charge in [-0.1, -0.05) is 26.0 Å². The van der Waals surface area contributed by atoms with Crippen LogP contribution in [0.15, 0.2) is 18.2 Å². The van der Waals surface area contributed by atoms with Crippen LogP contribution in [0.1, 0.15) is 25.8 Å². The Kier molecular flexibility index (Phi) is 3.80. The van der Waals surface area contributed by atoms with Gasteiger partial charge in [-0.25, -0.2) is 8.78 Å². The topological polar surface area (TPSA) is 12.0 Å². The molecule has 0 saturated heterocycles. The van der Waals surface area contributed by atoms with Gasteiger partial charge in [-0.05, 0) is 37.1 Å². The van der Waals surface area contributed by atoms with E-state index in [2.05, 4.69) is 5.32 Å². The second-order valence-electron chi connectivity index (χ2n) is 4.34. The van der Waals surface area contributed by atoms with Gasteiger partial charge in [0, 0.05) is 0 Å². The number of benzene rings is 1. The molecule has 3 heteroatoms. The van der Waals surface area contributed by atoms with Crippen LogP contribution in [-0.4, -0.2) is 13.6 Å². The summed E-state index contributed by atoms with van der Waals surface area (Å²) in [5.74, 6) is -1.50. The molecular weight excluding hydrogens is 196 g/mol. The minimum absolute atomic E-state index is 0.352. The van der Waals surface area contributed by atoms with Crippen LogP contribution in [0.2, 0.25) is 0 Å². The molecule has 0 aliphatic rings. The van der Waals surface area contributed by atoms with Crippen molar-refractivity contribution in [1.82, 2.24) is 5.32 Å². The molecule has 0 amide bonds. The lowest BCUT2D eigenvalue weighted by atomic mass is 9.81. The average molecular weight is 213 g/mol. The van der Waals surface area contributed by atoms with Gasteiger partial charge in [0.2, 0.25) is 0 Å². The van der Waals surface area contributed by atoms with Gasteiger partial charge in [0.15, 0.2) is 11.6 Å². The first-order valence-electron chi connectivity index (χ1n) is 5.08. The molecule has 0 aliphatic heterocycles. The Morgan fingerprint density at radius 1 is 1.27 bits per heavy atom. The highest BCUT2D eigenvalue weighted by Crippen LogP contribution is 2.29. The molecule has 0 atom stereocenters. The van der Waals surface area contributed by atoms with Crippen LogP contribution >= 0.6 is 0 Å². The molecule has 0 saturated carbocycles. The van der Waals surface area contributed by atoms with Gasteiger partial charge in [0.25, 0.3) is 0 Å². The van der Waals surface area contributed by atoms with E-state index in [-0.39, 0.29) is 5.41 Å². The molecule has 0 fully saturated rings. The van der Waals surface area contributed by atoms with Crippen LogP contribution in [0, 0.1) is 11.6 Å². The summed E-state index contributed by atoms with van der Waals surface area (Å²) in [7, 11) is 1.85. The lowest BCUT2D eigenvalue weighted by Gasteiger charge is -2.25. The summed E-state index contributed by atoms with van der Waals surface area (Å²) in [5.41, 5.74) is 0.0904. The first-order chi connectivity index (χ1) is 6.99. The SMILES string of the molecule is CNCCC(C)(C)c1cccc(F)c1F. The molecule has 1 rings (SSSR count). The largest absolute Gasteiger partial charge is 0.320 e. The molecule has 0 spiro atoms. The Morgan fingerprint density at radius 2 is 1.93 bits per heavy atom. The lowest BCUT2D eigenvalue weighted by molar-refractivity contribution is 0.421. The average Bonchev–Trinajstić information content (AvgIpc) is 2.19. The maximum Gasteiger partial charge on any atom is 0.162 e. The van der Waals surface area contributed by atoms with Crippen LogP contribution in [0.4, 0.5) is 8.78 Å². The number of hydrogen-bond donors (Lipinski definition) is 1. The zero-order valence-corrected chi connectivity index (χ0v) is 9.40. The predicted octanol–water partition coefficient (Wildman–Crippen LogP) is 2.85. The molecule has 0 unspecified atom stereocenters. The summed E-state index contributed by atoms with van der Waals surface area (Å²) in [5, 5.41) is 3.01. The Bertz CT molecular complexity index is 334. The van der Waals surface area contributed by atoms with E-state index in [1.807, 2.05) is 20.9 Å². The summed E-state index contributed by atoms with van der Waals surface area (Å²) in [4.78, 5) is 0. The summed E-state index contributed by atoms with van der Waals surface area (Å²) in [6, 6.07) is 4.34. The van der Waals surface area contributed by atoms with Crippen LogP contribution in [-0.2, 0) is 5.41 Å². The van der Waals surface area contributed by atoms with Crippen molar-refractivity contribution >= 4 is 0 Å². The fourth-order valence-electron chi connectivity index (χ4n) is 1.60. The van der Waals surface area contributed by atoms with Crippen molar-refractivity contribution in [3.8, 4) is 0 Å². The molecule has 0 radical (unpaired) electrons. The zero-order chi connectivity index (χ0) is 11.5. The fourth-order valence-corrected chi connectivity index (χ4v) is 1.60. The Morgan fingerprint density at radius 3 is 2.53 bits per heavy atom. The third-order valence-corrected chi connectivity index (χ3v) is 2.68. The summed E-state index contributed by atoms with van der Waals surface area (Å²) >= 11 is 0. The number of rotatable bonds is 4. The predicted molar refractivity (Wildman–Crippen MR) is 57.9 cm³/mol. The molecule has 1 nitrogen and oxygen atoms in total. The lowest BCUT2D eigenvalue weighted by Crippen LogP contribution is -2.25. The Labute approximate surface area is 89.5 Å². The molecule has 1 aromatic carbocycles. The second kappa shape index (κ2) is 4.71. The number of hydrogen-bond acceptors (Lipinski definition) is 1. The molecule has 1 N–H and O–H groups in total. The van der Waals surface area contributed by atoms with Crippen LogP contribution in [0.3, 0.4) is 0 Å². The zero-order valence-electron chi connectivity index (χ0n) is 9.40. The molecule has 1 aromatic rings. The van der Waals surface area contributed by atoms with E-state index in [1.54, 1.807) is 12.1 Å². The van der Waals surface area contributed by atoms with E-state index >= 15 is 0 Å². The monoisotopic (exact) mass is 213 g/mol. The van der Waals surface area contributed by atoms with Crippen molar-refractivity contribution in [2.75, 3.05) is 13.6 Å². The van der Waals surface area contributed by atoms with Gasteiger partial charge in [0.05, 0.1) is 0 Å². The highest BCUT2D eigenvalue weighted by molar-refractivity contribution is 5.26. The van der Waals surface area contributed by atoms with E-state index < -0.39 is 11.6 Å². The van der Waals surface area contributed by atoms with Gasteiger partial charge in [-0.3, -0.25) is 0 Å². The quantitative estimate of drug-likeness (QED) is 0.811. The van der Waals surface area contributed by atoms with Crippen molar-refractivity contribution in [3.05, 3.63) is 35.4 Å². The van der Waals surface area contributed by atoms with Gasteiger partial charge >= 0.3 is 0 Å². The molecule has 0 bridgehead atoms. The minimum atomic E-state index is -0.773. The van der Waals surface area contributed by atoms with Gasteiger partial charge < -0.3 is 5.32 Å². The maximum absolute atomic E-state index is 13.5. The first-order valence-corrected chi connectivity index (χ1v) is 5.08. The molecule has 0 aromatic heterocycles. The highest BCUT2D eigenvalue weighted by atomic mass is 19.2. The van der Waals surface area contributed by atoms with Gasteiger partial charge in [-0.15, -0.1) is 0 Å². The standard InChI is InChI=1S/C12H17F2N/c1-12(2,7-8-15-3)9-5-4-6-10(13)11(9)14/h4-6,15H,7-8H2,1-3H3. The molecular formula is C12H17F2N. The molecule has 0 heterocycles. The maximum atomic E-state index is 13.5. The molecule has 0 aliphatic carbocycles. The summed E-state index contributed by atoms with van der Waals surface area (Å²) in [6.07, 6.45) is 0.768. The summed E-state index contributed by atoms with van der Waals surface area (Å²) < 4.78 is 26.6. The second-order valence-corrected chi connectivity index (χ2v) is 4.34. The molecule has 15 heavy (non-hydrogen) atoms. The van der Waals surface area contributed by atoms with Crippen molar-refractivity contribution < 1.29 is 8.78 Å². The molecule has 84 valence electrons. The van der Waals surface area contributed by atoms with Crippen molar-refractivity contribution in [3.63, 3.8) is 0 Å². The Hall–Kier alpha value is -0.960. The van der Waals surface area contributed by atoms with Crippen molar-refractivity contribution in [2.24, 2.45) is 0 Å². The van der Waals surface area contributed by atoms with Crippen LogP contribution in [0.25, 0.3) is 0 Å². The van der Waals surface area contributed by atoms with Crippen molar-refractivity contribution in [2.45, 2.75) is 25.7 Å². The van der Waals surface area contributed by atoms with E-state index in [0.29, 0.717) is 5.56 Å². The first kappa shape index (κ1) is 12.1. The van der Waals surface area contributed by atoms with E-state index in [1.165, 1.54) is 0 Å². The van der Waals surface area contributed by atoms with Crippen molar-refractivity contribution in [1.29, 1.82) is 0 Å². The van der Waals surface area contributed by atoms with E-state index in [4.69, 9.17) is 0 Å².